The van der Waals surface area contributed by atoms with Crippen LogP contribution < -0.4 is 19.7 Å². The molecular formula is C24H26N10O3. The van der Waals surface area contributed by atoms with E-state index in [1.54, 1.807) is 42.3 Å². The van der Waals surface area contributed by atoms with E-state index in [0.717, 1.165) is 22.6 Å². The summed E-state index contributed by atoms with van der Waals surface area (Å²) in [5.41, 5.74) is 8.86. The summed E-state index contributed by atoms with van der Waals surface area (Å²) in [6.45, 7) is 2.64. The number of methoxy groups -OCH3 is 1. The number of carbonyl (C=O) groups excluding carboxylic acids is 1. The zero-order valence-corrected chi connectivity index (χ0v) is 20.2. The quantitative estimate of drug-likeness (QED) is 0.174. The first kappa shape index (κ1) is 25.1. The molecule has 3 aromatic rings. The summed E-state index contributed by atoms with van der Waals surface area (Å²) in [7, 11) is 1.55. The van der Waals surface area contributed by atoms with Gasteiger partial charge in [0.15, 0.2) is 11.5 Å². The van der Waals surface area contributed by atoms with Gasteiger partial charge in [0.2, 0.25) is 0 Å². The number of anilines is 2. The molecule has 190 valence electrons. The van der Waals surface area contributed by atoms with Gasteiger partial charge in [-0.3, -0.25) is 5.41 Å². The van der Waals surface area contributed by atoms with Gasteiger partial charge in [-0.1, -0.05) is 5.22 Å². The number of rotatable bonds is 9. The van der Waals surface area contributed by atoms with Crippen molar-refractivity contribution in [2.45, 2.75) is 0 Å². The molecule has 0 aliphatic carbocycles. The number of hydrogen-bond acceptors (Lipinski definition) is 10. The summed E-state index contributed by atoms with van der Waals surface area (Å²) >= 11 is 0. The van der Waals surface area contributed by atoms with Crippen molar-refractivity contribution in [3.8, 4) is 17.6 Å². The number of fused-ring (bicyclic) bond motifs is 1. The number of piperazine rings is 1. The van der Waals surface area contributed by atoms with Crippen molar-refractivity contribution < 1.29 is 14.3 Å². The molecule has 37 heavy (non-hydrogen) atoms. The van der Waals surface area contributed by atoms with Crippen LogP contribution in [-0.2, 0) is 0 Å². The van der Waals surface area contributed by atoms with Crippen LogP contribution in [0.1, 0.15) is 5.56 Å². The molecule has 4 rings (SSSR count). The van der Waals surface area contributed by atoms with Gasteiger partial charge >= 0.3 is 6.03 Å². The lowest BCUT2D eigenvalue weighted by molar-refractivity contribution is 0.208. The first-order valence-electron chi connectivity index (χ1n) is 11.5. The second-order valence-corrected chi connectivity index (χ2v) is 8.05. The third kappa shape index (κ3) is 5.81. The zero-order chi connectivity index (χ0) is 26.2. The van der Waals surface area contributed by atoms with Crippen LogP contribution in [0.2, 0.25) is 0 Å². The molecule has 1 fully saturated rings. The van der Waals surface area contributed by atoms with Gasteiger partial charge in [-0.25, -0.2) is 19.8 Å². The molecule has 0 unspecified atom stereocenters. The van der Waals surface area contributed by atoms with Crippen LogP contribution in [0.25, 0.3) is 10.9 Å². The molecule has 1 aromatic heterocycles. The number of carbonyl (C=O) groups is 1. The fraction of sp³-hybridized carbons (Fsp3) is 0.292. The van der Waals surface area contributed by atoms with Crippen molar-refractivity contribution in [3.05, 3.63) is 48.3 Å². The van der Waals surface area contributed by atoms with Crippen LogP contribution >= 0.6 is 0 Å². The summed E-state index contributed by atoms with van der Waals surface area (Å²) < 4.78 is 11.3. The van der Waals surface area contributed by atoms with Gasteiger partial charge in [-0.15, -0.1) is 0 Å². The minimum absolute atomic E-state index is 0.194. The Morgan fingerprint density at radius 1 is 1.22 bits per heavy atom. The molecule has 13 heteroatoms. The van der Waals surface area contributed by atoms with Crippen molar-refractivity contribution >= 4 is 34.8 Å². The Morgan fingerprint density at radius 3 is 2.62 bits per heavy atom. The number of urea groups is 1. The van der Waals surface area contributed by atoms with Gasteiger partial charge < -0.3 is 24.6 Å². The van der Waals surface area contributed by atoms with Gasteiger partial charge in [0.25, 0.3) is 0 Å². The summed E-state index contributed by atoms with van der Waals surface area (Å²) in [6, 6.07) is 12.2. The number of nitrogens with zero attached hydrogens (tertiary/aromatic N) is 7. The maximum Gasteiger partial charge on any atom is 0.321 e. The van der Waals surface area contributed by atoms with E-state index in [9.17, 15) is 4.79 Å². The average Bonchev–Trinajstić information content (AvgIpc) is 2.95. The molecule has 0 bridgehead atoms. The molecule has 0 radical (unpaired) electrons. The van der Waals surface area contributed by atoms with Crippen LogP contribution in [0.4, 0.5) is 16.3 Å². The molecule has 2 aromatic carbocycles. The molecule has 1 aliphatic heterocycles. The molecular weight excluding hydrogens is 476 g/mol. The predicted octanol–water partition coefficient (Wildman–Crippen LogP) is 3.10. The van der Waals surface area contributed by atoms with E-state index in [1.807, 2.05) is 6.07 Å². The van der Waals surface area contributed by atoms with E-state index in [2.05, 4.69) is 31.5 Å². The van der Waals surface area contributed by atoms with Crippen LogP contribution in [0.3, 0.4) is 0 Å². The van der Waals surface area contributed by atoms with E-state index in [4.69, 9.17) is 25.7 Å². The highest BCUT2D eigenvalue weighted by molar-refractivity contribution is 5.92. The minimum Gasteiger partial charge on any atom is -0.493 e. The Kier molecular flexibility index (Phi) is 7.89. The third-order valence-corrected chi connectivity index (χ3v) is 5.89. The number of nitrogens with one attached hydrogen (secondary N) is 3. The first-order valence-corrected chi connectivity index (χ1v) is 11.5. The minimum atomic E-state index is -0.194. The Labute approximate surface area is 213 Å². The highest BCUT2D eigenvalue weighted by Crippen LogP contribution is 2.35. The molecule has 0 atom stereocenters. The highest BCUT2D eigenvalue weighted by atomic mass is 16.5. The van der Waals surface area contributed by atoms with Crippen molar-refractivity contribution in [1.82, 2.24) is 19.9 Å². The monoisotopic (exact) mass is 502 g/mol. The largest absolute Gasteiger partial charge is 0.493 e. The smallest absolute Gasteiger partial charge is 0.321 e. The SMILES string of the molecule is COc1cc2c(N3CCN(C(=O)Nc4ccc(C#N)cc4)CC3)ncnc2cc1OCCN(C=N)N=N. The molecule has 3 N–H and O–H groups in total. The normalized spacial score (nSPS) is 13.0. The number of ether oxygens (including phenoxy) is 2. The van der Waals surface area contributed by atoms with Crippen molar-refractivity contribution in [2.75, 3.05) is 56.7 Å². The lowest BCUT2D eigenvalue weighted by Crippen LogP contribution is -2.50. The third-order valence-electron chi connectivity index (χ3n) is 5.89. The second kappa shape index (κ2) is 11.6. The van der Waals surface area contributed by atoms with E-state index < -0.39 is 0 Å². The highest BCUT2D eigenvalue weighted by Gasteiger charge is 2.24. The molecule has 1 saturated heterocycles. The number of hydrogen-bond donors (Lipinski definition) is 3. The van der Waals surface area contributed by atoms with E-state index in [1.165, 1.54) is 6.33 Å². The van der Waals surface area contributed by atoms with Gasteiger partial charge in [0.1, 0.15) is 25.1 Å². The van der Waals surface area contributed by atoms with E-state index >= 15 is 0 Å². The number of aromatic nitrogens is 2. The predicted molar refractivity (Wildman–Crippen MR) is 136 cm³/mol. The molecule has 1 aliphatic rings. The van der Waals surface area contributed by atoms with Gasteiger partial charge in [0.05, 0.1) is 30.8 Å². The average molecular weight is 503 g/mol. The maximum absolute atomic E-state index is 12.7. The maximum atomic E-state index is 12.7. The Balaban J connectivity index is 1.43. The van der Waals surface area contributed by atoms with Crippen LogP contribution in [-0.4, -0.2) is 78.7 Å². The molecule has 2 amide bonds. The number of nitriles is 1. The van der Waals surface area contributed by atoms with E-state index in [-0.39, 0.29) is 19.2 Å². The number of benzene rings is 2. The molecule has 0 spiro atoms. The Bertz CT molecular complexity index is 1310. The van der Waals surface area contributed by atoms with Gasteiger partial charge in [0, 0.05) is 43.3 Å². The first-order chi connectivity index (χ1) is 18.1. The molecule has 13 nitrogen and oxygen atoms in total. The summed E-state index contributed by atoms with van der Waals surface area (Å²) in [5, 5.41) is 24.1. The van der Waals surface area contributed by atoms with Crippen molar-refractivity contribution in [1.29, 1.82) is 16.2 Å². The van der Waals surface area contributed by atoms with Gasteiger partial charge in [-0.2, -0.15) is 10.8 Å². The van der Waals surface area contributed by atoms with Crippen LogP contribution in [0.5, 0.6) is 11.5 Å². The summed E-state index contributed by atoms with van der Waals surface area (Å²) in [5.74, 6) is 1.73. The standard InChI is InChI=1S/C24H26N10O3/c1-36-21-12-19-20(13-22(21)37-11-10-34(15-26)31-27)28-16-29-23(19)32-6-8-33(9-7-32)24(35)30-18-4-2-17(14-25)3-5-18/h2-5,12-13,15-16,26-27H,6-11H2,1H3,(H,30,35). The van der Waals surface area contributed by atoms with Crippen LogP contribution in [0.15, 0.2) is 47.9 Å². The van der Waals surface area contributed by atoms with Crippen molar-refractivity contribution in [3.63, 3.8) is 0 Å². The fourth-order valence-corrected chi connectivity index (χ4v) is 3.92. The lowest BCUT2D eigenvalue weighted by Gasteiger charge is -2.35. The second-order valence-electron chi connectivity index (χ2n) is 8.05. The molecule has 2 heterocycles. The summed E-state index contributed by atoms with van der Waals surface area (Å²) in [6.07, 6.45) is 2.44. The number of amides is 2. The Morgan fingerprint density at radius 2 is 1.97 bits per heavy atom. The van der Waals surface area contributed by atoms with Crippen LogP contribution in [0, 0.1) is 22.3 Å². The molecule has 0 saturated carbocycles. The fourth-order valence-electron chi connectivity index (χ4n) is 3.92. The van der Waals surface area contributed by atoms with Gasteiger partial charge in [-0.05, 0) is 30.3 Å². The zero-order valence-electron chi connectivity index (χ0n) is 20.2. The Hall–Kier alpha value is -4.99. The topological polar surface area (TPSA) is 167 Å². The van der Waals surface area contributed by atoms with Crippen molar-refractivity contribution in [2.24, 2.45) is 5.22 Å². The van der Waals surface area contributed by atoms with E-state index in [0.29, 0.717) is 54.4 Å². The lowest BCUT2D eigenvalue weighted by atomic mass is 10.2. The summed E-state index contributed by atoms with van der Waals surface area (Å²) in [4.78, 5) is 25.4.